The number of alkyl halides is 3. The van der Waals surface area contributed by atoms with Crippen molar-refractivity contribution in [3.8, 4) is 23.0 Å². The van der Waals surface area contributed by atoms with E-state index in [1.807, 2.05) is 0 Å². The monoisotopic (exact) mass is 1020 g/mol. The summed E-state index contributed by atoms with van der Waals surface area (Å²) in [5, 5.41) is 12.6. The summed E-state index contributed by atoms with van der Waals surface area (Å²) >= 11 is 6.40. The molecule has 372 valence electrons. The van der Waals surface area contributed by atoms with Gasteiger partial charge in [-0.15, -0.1) is 0 Å². The molecule has 6 aromatic carbocycles. The normalized spacial score (nSPS) is 13.9. The number of anilines is 6. The summed E-state index contributed by atoms with van der Waals surface area (Å²) in [6.45, 7) is 6.24. The van der Waals surface area contributed by atoms with Gasteiger partial charge in [0.15, 0.2) is 5.82 Å². The number of amides is 4. The van der Waals surface area contributed by atoms with E-state index in [9.17, 15) is 22.8 Å². The van der Waals surface area contributed by atoms with Gasteiger partial charge in [0.1, 0.15) is 46.1 Å². The number of rotatable bonds is 10. The molecule has 4 amide bonds. The molecule has 2 fully saturated rings. The molecule has 16 nitrogen and oxygen atoms in total. The van der Waals surface area contributed by atoms with Crippen LogP contribution >= 0.6 is 11.6 Å². The van der Waals surface area contributed by atoms with E-state index >= 15 is 8.78 Å². The lowest BCUT2D eigenvalue weighted by atomic mass is 10.2. The van der Waals surface area contributed by atoms with Crippen LogP contribution in [0.5, 0.6) is 23.0 Å². The Morgan fingerprint density at radius 3 is 1.68 bits per heavy atom. The van der Waals surface area contributed by atoms with Crippen molar-refractivity contribution in [3.05, 3.63) is 156 Å². The smallest absolute Gasteiger partial charge is 0.416 e. The maximum absolute atomic E-state index is 16.8. The lowest BCUT2D eigenvalue weighted by Crippen LogP contribution is -2.54. The molecular weight excluding hydrogens is 975 g/mol. The minimum absolute atomic E-state index is 0.0372. The number of hydrazine groups is 1. The molecule has 0 unspecified atom stereocenters. The molecule has 2 aliphatic rings. The third-order valence-electron chi connectivity index (χ3n) is 11.8. The van der Waals surface area contributed by atoms with Gasteiger partial charge in [0.25, 0.3) is 0 Å². The van der Waals surface area contributed by atoms with Crippen molar-refractivity contribution in [2.75, 3.05) is 82.8 Å². The highest BCUT2D eigenvalue weighted by Gasteiger charge is 2.34. The van der Waals surface area contributed by atoms with Gasteiger partial charge in [0.05, 0.1) is 51.4 Å². The van der Waals surface area contributed by atoms with Crippen LogP contribution in [-0.2, 0) is 6.18 Å². The van der Waals surface area contributed by atoms with Crippen LogP contribution in [-0.4, -0.2) is 84.4 Å². The van der Waals surface area contributed by atoms with Crippen LogP contribution in [0, 0.1) is 11.6 Å². The quantitative estimate of drug-likeness (QED) is 0.0758. The van der Waals surface area contributed by atoms with Gasteiger partial charge >= 0.3 is 18.2 Å². The Kier molecular flexibility index (Phi) is 13.7. The number of carbonyl (C=O) groups excluding carboxylic acids is 2. The first-order valence-corrected chi connectivity index (χ1v) is 23.2. The number of ether oxygens (including phenoxy) is 2. The Balaban J connectivity index is 0.953. The van der Waals surface area contributed by atoms with Gasteiger partial charge in [-0.25, -0.2) is 28.3 Å². The van der Waals surface area contributed by atoms with Crippen molar-refractivity contribution in [2.45, 2.75) is 6.18 Å². The van der Waals surface area contributed by atoms with Crippen molar-refractivity contribution in [3.63, 3.8) is 0 Å². The standard InChI is InChI=1S/C51H42ClF5N12O4/c52-32-4-2-6-34(24-32)68(50(71)65-41-11-7-35(25-39(41)53)72-37-8-12-42-44(27-37)63-47(29-60-42)66-19-15-58-16-20-66)69(49(70)62-33-5-1-3-31(23-33)51(55,56)57)46-14-10-36(26-40(46)54)73-38-9-13-43-45(28-38)64-48(30-61-43)67-21-17-59-18-22-67/h1-14,23-30,58-59H,15-22H2,(H,62,70)(H,65,71). The summed E-state index contributed by atoms with van der Waals surface area (Å²) in [6.07, 6.45) is -1.39. The summed E-state index contributed by atoms with van der Waals surface area (Å²) in [4.78, 5) is 52.0. The maximum Gasteiger partial charge on any atom is 0.416 e. The fourth-order valence-electron chi connectivity index (χ4n) is 8.20. The van der Waals surface area contributed by atoms with Crippen molar-refractivity contribution < 1.29 is 41.0 Å². The minimum Gasteiger partial charge on any atom is -0.457 e. The van der Waals surface area contributed by atoms with Gasteiger partial charge in [0.2, 0.25) is 0 Å². The van der Waals surface area contributed by atoms with E-state index in [2.05, 4.69) is 41.0 Å². The molecule has 0 radical (unpaired) electrons. The summed E-state index contributed by atoms with van der Waals surface area (Å²) in [6, 6.07) is 23.7. The third kappa shape index (κ3) is 11.1. The second-order valence-electron chi connectivity index (χ2n) is 16.7. The van der Waals surface area contributed by atoms with Gasteiger partial charge < -0.3 is 40.5 Å². The first-order chi connectivity index (χ1) is 35.3. The van der Waals surface area contributed by atoms with Crippen molar-refractivity contribution in [1.29, 1.82) is 0 Å². The second-order valence-corrected chi connectivity index (χ2v) is 17.2. The van der Waals surface area contributed by atoms with Crippen LogP contribution in [0.15, 0.2) is 134 Å². The van der Waals surface area contributed by atoms with Gasteiger partial charge in [-0.3, -0.25) is 9.97 Å². The summed E-state index contributed by atoms with van der Waals surface area (Å²) < 4.78 is 86.4. The van der Waals surface area contributed by atoms with Gasteiger partial charge in [-0.1, -0.05) is 23.7 Å². The first-order valence-electron chi connectivity index (χ1n) is 22.9. The molecule has 0 atom stereocenters. The van der Waals surface area contributed by atoms with Crippen molar-refractivity contribution in [1.82, 2.24) is 30.6 Å². The third-order valence-corrected chi connectivity index (χ3v) is 12.0. The fourth-order valence-corrected chi connectivity index (χ4v) is 8.38. The first kappa shape index (κ1) is 48.2. The molecule has 10 rings (SSSR count). The molecule has 73 heavy (non-hydrogen) atoms. The highest BCUT2D eigenvalue weighted by atomic mass is 35.5. The predicted octanol–water partition coefficient (Wildman–Crippen LogP) is 10.6. The molecular formula is C51H42ClF5N12O4. The average molecular weight is 1020 g/mol. The maximum atomic E-state index is 16.8. The molecule has 4 N–H and O–H groups in total. The Morgan fingerprint density at radius 2 is 1.12 bits per heavy atom. The van der Waals surface area contributed by atoms with Crippen LogP contribution in [0.2, 0.25) is 5.02 Å². The van der Waals surface area contributed by atoms with E-state index in [4.69, 9.17) is 31.0 Å². The molecule has 2 aliphatic heterocycles. The SMILES string of the molecule is O=C(Nc1ccc(Oc2ccc3ncc(N4CCNCC4)nc3c2)cc1F)N(c1cccc(Cl)c1)N(C(=O)Nc1cccc(C(F)(F)F)c1)c1ccc(Oc2ccc3ncc(N4CCNCC4)nc3c2)cc1F. The molecule has 2 aromatic heterocycles. The molecule has 0 saturated carbocycles. The van der Waals surface area contributed by atoms with Crippen LogP contribution in [0.3, 0.4) is 0 Å². The van der Waals surface area contributed by atoms with E-state index in [1.165, 1.54) is 48.5 Å². The number of fused-ring (bicyclic) bond motifs is 2. The summed E-state index contributed by atoms with van der Waals surface area (Å²) in [5.74, 6) is -0.0834. The zero-order chi connectivity index (χ0) is 50.6. The highest BCUT2D eigenvalue weighted by molar-refractivity contribution is 6.31. The van der Waals surface area contributed by atoms with Crippen LogP contribution in [0.4, 0.5) is 65.9 Å². The van der Waals surface area contributed by atoms with Crippen molar-refractivity contribution >= 4 is 80.1 Å². The number of nitrogens with zero attached hydrogens (tertiary/aromatic N) is 8. The number of benzene rings is 6. The molecule has 0 spiro atoms. The topological polar surface area (TPSA) is 165 Å². The Morgan fingerprint density at radius 1 is 0.589 bits per heavy atom. The number of hydrogen-bond donors (Lipinski definition) is 4. The lowest BCUT2D eigenvalue weighted by Gasteiger charge is -2.35. The number of aromatic nitrogens is 4. The van der Waals surface area contributed by atoms with E-state index < -0.39 is 46.8 Å². The number of nitrogens with one attached hydrogen (secondary N) is 4. The second kappa shape index (κ2) is 20.7. The molecule has 22 heteroatoms. The Hall–Kier alpha value is -8.40. The van der Waals surface area contributed by atoms with Crippen molar-refractivity contribution in [2.24, 2.45) is 0 Å². The van der Waals surface area contributed by atoms with Crippen LogP contribution < -0.4 is 50.6 Å². The zero-order valence-corrected chi connectivity index (χ0v) is 39.1. The van der Waals surface area contributed by atoms with Crippen LogP contribution in [0.25, 0.3) is 22.1 Å². The van der Waals surface area contributed by atoms with Gasteiger partial charge in [-0.05, 0) is 84.9 Å². The van der Waals surface area contributed by atoms with E-state index in [0.717, 1.165) is 82.7 Å². The van der Waals surface area contributed by atoms with Crippen LogP contribution in [0.1, 0.15) is 5.56 Å². The number of carbonyl (C=O) groups is 2. The van der Waals surface area contributed by atoms with E-state index in [1.54, 1.807) is 48.8 Å². The minimum atomic E-state index is -4.79. The molecule has 0 aliphatic carbocycles. The Labute approximate surface area is 418 Å². The van der Waals surface area contributed by atoms with Gasteiger partial charge in [0, 0.05) is 87.3 Å². The van der Waals surface area contributed by atoms with E-state index in [0.29, 0.717) is 55.5 Å². The Bertz CT molecular complexity index is 3360. The zero-order valence-electron chi connectivity index (χ0n) is 38.3. The number of halogens is 6. The number of urea groups is 2. The molecule has 0 bridgehead atoms. The fraction of sp³-hybridized carbons (Fsp3) is 0.176. The average Bonchev–Trinajstić information content (AvgIpc) is 3.39. The molecule has 8 aromatic rings. The predicted molar refractivity (Wildman–Crippen MR) is 268 cm³/mol. The van der Waals surface area contributed by atoms with E-state index in [-0.39, 0.29) is 33.6 Å². The summed E-state index contributed by atoms with van der Waals surface area (Å²) in [7, 11) is 0. The molecule has 4 heterocycles. The largest absolute Gasteiger partial charge is 0.457 e. The number of piperazine rings is 2. The lowest BCUT2D eigenvalue weighted by molar-refractivity contribution is -0.137. The number of hydrogen-bond acceptors (Lipinski definition) is 12. The molecule has 2 saturated heterocycles. The summed E-state index contributed by atoms with van der Waals surface area (Å²) in [5.41, 5.74) is -0.264. The highest BCUT2D eigenvalue weighted by Crippen LogP contribution is 2.36. The van der Waals surface area contributed by atoms with Gasteiger partial charge in [-0.2, -0.15) is 23.2 Å².